The molecule has 156 valence electrons. The largest absolute Gasteiger partial charge is 0.343 e. The lowest BCUT2D eigenvalue weighted by molar-refractivity contribution is -0.116. The molecule has 1 aromatic heterocycles. The first-order chi connectivity index (χ1) is 15.0. The summed E-state index contributed by atoms with van der Waals surface area (Å²) < 4.78 is 1.72. The zero-order valence-electron chi connectivity index (χ0n) is 17.0. The van der Waals surface area contributed by atoms with Gasteiger partial charge in [-0.3, -0.25) is 9.59 Å². The summed E-state index contributed by atoms with van der Waals surface area (Å²) in [5.74, 6) is 0.433. The van der Waals surface area contributed by atoms with Gasteiger partial charge in [-0.2, -0.15) is 5.10 Å². The van der Waals surface area contributed by atoms with Gasteiger partial charge in [0.1, 0.15) is 17.4 Å². The second-order valence-corrected chi connectivity index (χ2v) is 8.36. The Morgan fingerprint density at radius 3 is 2.77 bits per heavy atom. The molecule has 2 N–H and O–H groups in total. The van der Waals surface area contributed by atoms with Crippen LogP contribution < -0.4 is 10.6 Å². The van der Waals surface area contributed by atoms with Crippen LogP contribution in [-0.2, 0) is 4.79 Å². The number of rotatable bonds is 3. The van der Waals surface area contributed by atoms with Crippen molar-refractivity contribution < 1.29 is 9.59 Å². The van der Waals surface area contributed by atoms with E-state index in [1.54, 1.807) is 16.9 Å². The number of aryl methyl sites for hydroxylation is 1. The molecule has 0 radical (unpaired) electrons. The minimum absolute atomic E-state index is 0.102. The van der Waals surface area contributed by atoms with Gasteiger partial charge in [-0.1, -0.05) is 41.4 Å². The standard InChI is InChI=1S/C24H21ClN4O2/c1-14-8-10-17(11-9-14)27-24(31)18-13-26-29-22(15-4-2-5-16(25)12-15)21-19(28-23(18)29)6-3-7-20(21)30/h2,4-5,8-13,22,28H,3,6-7H2,1H3,(H,27,31). The van der Waals surface area contributed by atoms with E-state index in [0.29, 0.717) is 34.1 Å². The Morgan fingerprint density at radius 2 is 2.00 bits per heavy atom. The number of carbonyl (C=O) groups excluding carboxylic acids is 2. The molecule has 31 heavy (non-hydrogen) atoms. The lowest BCUT2D eigenvalue weighted by atomic mass is 9.85. The molecule has 0 fully saturated rings. The first-order valence-electron chi connectivity index (χ1n) is 10.3. The highest BCUT2D eigenvalue weighted by Gasteiger charge is 2.37. The molecule has 1 unspecified atom stereocenters. The fourth-order valence-electron chi connectivity index (χ4n) is 4.24. The monoisotopic (exact) mass is 432 g/mol. The molecule has 0 bridgehead atoms. The Hall–Kier alpha value is -3.38. The second kappa shape index (κ2) is 7.71. The van der Waals surface area contributed by atoms with Crippen molar-refractivity contribution in [1.29, 1.82) is 0 Å². The quantitative estimate of drug-likeness (QED) is 0.602. The van der Waals surface area contributed by atoms with Crippen LogP contribution in [0.15, 0.2) is 66.0 Å². The van der Waals surface area contributed by atoms with Gasteiger partial charge in [-0.05, 0) is 49.6 Å². The number of halogens is 1. The van der Waals surface area contributed by atoms with Crippen molar-refractivity contribution in [3.63, 3.8) is 0 Å². The number of nitrogens with one attached hydrogen (secondary N) is 2. The van der Waals surface area contributed by atoms with E-state index in [4.69, 9.17) is 11.6 Å². The molecular formula is C24H21ClN4O2. The Labute approximate surface area is 184 Å². The molecular weight excluding hydrogens is 412 g/mol. The Morgan fingerprint density at radius 1 is 1.19 bits per heavy atom. The average Bonchev–Trinajstić information content (AvgIpc) is 3.18. The van der Waals surface area contributed by atoms with Crippen molar-refractivity contribution in [2.75, 3.05) is 10.6 Å². The van der Waals surface area contributed by atoms with E-state index in [1.165, 1.54) is 0 Å². The van der Waals surface area contributed by atoms with E-state index in [2.05, 4.69) is 15.7 Å². The third-order valence-electron chi connectivity index (χ3n) is 5.76. The molecule has 7 heteroatoms. The number of hydrogen-bond acceptors (Lipinski definition) is 4. The number of Topliss-reactive ketones (excluding diaryl/α,β-unsaturated/α-hetero) is 1. The summed E-state index contributed by atoms with van der Waals surface area (Å²) in [6.45, 7) is 2.00. The normalized spacial score (nSPS) is 17.6. The SMILES string of the molecule is Cc1ccc(NC(=O)c2cnn3c2NC2=C(C(=O)CCC2)C3c2cccc(Cl)c2)cc1. The number of anilines is 2. The van der Waals surface area contributed by atoms with Crippen molar-refractivity contribution in [2.45, 2.75) is 32.2 Å². The second-order valence-electron chi connectivity index (χ2n) is 7.92. The van der Waals surface area contributed by atoms with Crippen LogP contribution in [0.1, 0.15) is 46.8 Å². The molecule has 0 spiro atoms. The van der Waals surface area contributed by atoms with Gasteiger partial charge < -0.3 is 10.6 Å². The summed E-state index contributed by atoms with van der Waals surface area (Å²) in [5.41, 5.74) is 4.69. The van der Waals surface area contributed by atoms with Crippen molar-refractivity contribution in [2.24, 2.45) is 0 Å². The number of carbonyl (C=O) groups is 2. The highest BCUT2D eigenvalue weighted by molar-refractivity contribution is 6.30. The molecule has 1 atom stereocenters. The molecule has 1 aliphatic heterocycles. The van der Waals surface area contributed by atoms with Gasteiger partial charge >= 0.3 is 0 Å². The summed E-state index contributed by atoms with van der Waals surface area (Å²) in [6, 6.07) is 14.7. The first kappa shape index (κ1) is 19.6. The van der Waals surface area contributed by atoms with Crippen LogP contribution in [0.5, 0.6) is 0 Å². The number of aromatic nitrogens is 2. The van der Waals surface area contributed by atoms with Crippen LogP contribution >= 0.6 is 11.6 Å². The molecule has 2 aliphatic rings. The molecule has 2 aromatic carbocycles. The zero-order chi connectivity index (χ0) is 21.5. The minimum Gasteiger partial charge on any atom is -0.343 e. The van der Waals surface area contributed by atoms with Gasteiger partial charge in [-0.15, -0.1) is 0 Å². The first-order valence-corrected chi connectivity index (χ1v) is 10.6. The highest BCUT2D eigenvalue weighted by Crippen LogP contribution is 2.42. The zero-order valence-corrected chi connectivity index (χ0v) is 17.7. The van der Waals surface area contributed by atoms with Gasteiger partial charge in [0, 0.05) is 28.4 Å². The van der Waals surface area contributed by atoms with E-state index in [0.717, 1.165) is 29.7 Å². The number of amides is 1. The van der Waals surface area contributed by atoms with Crippen LogP contribution in [0, 0.1) is 6.92 Å². The van der Waals surface area contributed by atoms with Crippen molar-refractivity contribution >= 4 is 34.8 Å². The number of hydrogen-bond donors (Lipinski definition) is 2. The van der Waals surface area contributed by atoms with Crippen LogP contribution in [0.3, 0.4) is 0 Å². The average molecular weight is 433 g/mol. The highest BCUT2D eigenvalue weighted by atomic mass is 35.5. The van der Waals surface area contributed by atoms with Crippen LogP contribution in [0.4, 0.5) is 11.5 Å². The van der Waals surface area contributed by atoms with Gasteiger partial charge in [0.15, 0.2) is 5.78 Å². The summed E-state index contributed by atoms with van der Waals surface area (Å²) in [4.78, 5) is 25.9. The fourth-order valence-corrected chi connectivity index (χ4v) is 4.44. The molecule has 3 aromatic rings. The van der Waals surface area contributed by atoms with E-state index < -0.39 is 6.04 Å². The molecule has 0 saturated carbocycles. The van der Waals surface area contributed by atoms with Gasteiger partial charge in [-0.25, -0.2) is 4.68 Å². The number of benzene rings is 2. The van der Waals surface area contributed by atoms with Crippen LogP contribution in [0.2, 0.25) is 5.02 Å². The van der Waals surface area contributed by atoms with Crippen molar-refractivity contribution in [3.05, 3.63) is 87.7 Å². The lowest BCUT2D eigenvalue weighted by Crippen LogP contribution is -2.32. The van der Waals surface area contributed by atoms with Crippen molar-refractivity contribution in [1.82, 2.24) is 9.78 Å². The molecule has 1 aliphatic carbocycles. The summed E-state index contributed by atoms with van der Waals surface area (Å²) >= 11 is 6.25. The predicted molar refractivity (Wildman–Crippen MR) is 120 cm³/mol. The van der Waals surface area contributed by atoms with E-state index in [9.17, 15) is 9.59 Å². The lowest BCUT2D eigenvalue weighted by Gasteiger charge is -2.33. The number of fused-ring (bicyclic) bond motifs is 1. The maximum Gasteiger partial charge on any atom is 0.261 e. The third-order valence-corrected chi connectivity index (χ3v) is 5.99. The number of ketones is 1. The molecule has 0 saturated heterocycles. The van der Waals surface area contributed by atoms with Gasteiger partial charge in [0.05, 0.1) is 6.20 Å². The van der Waals surface area contributed by atoms with E-state index >= 15 is 0 Å². The topological polar surface area (TPSA) is 76.0 Å². The van der Waals surface area contributed by atoms with Crippen LogP contribution in [0.25, 0.3) is 0 Å². The molecule has 5 rings (SSSR count). The summed E-state index contributed by atoms with van der Waals surface area (Å²) in [6.07, 6.45) is 3.59. The predicted octanol–water partition coefficient (Wildman–Crippen LogP) is 5.12. The maximum absolute atomic E-state index is 13.0. The Balaban J connectivity index is 1.57. The Bertz CT molecular complexity index is 1230. The van der Waals surface area contributed by atoms with E-state index in [-0.39, 0.29) is 11.7 Å². The summed E-state index contributed by atoms with van der Waals surface area (Å²) in [7, 11) is 0. The minimum atomic E-state index is -0.418. The molecule has 2 heterocycles. The molecule has 6 nitrogen and oxygen atoms in total. The smallest absolute Gasteiger partial charge is 0.261 e. The number of nitrogens with zero attached hydrogens (tertiary/aromatic N) is 2. The fraction of sp³-hybridized carbons (Fsp3) is 0.208. The number of allylic oxidation sites excluding steroid dienone is 2. The third kappa shape index (κ3) is 3.53. The summed E-state index contributed by atoms with van der Waals surface area (Å²) in [5, 5.41) is 11.4. The van der Waals surface area contributed by atoms with Crippen molar-refractivity contribution in [3.8, 4) is 0 Å². The maximum atomic E-state index is 13.0. The van der Waals surface area contributed by atoms with Gasteiger partial charge in [0.25, 0.3) is 5.91 Å². The molecule has 1 amide bonds. The Kier molecular flexibility index (Phi) is 4.87. The van der Waals surface area contributed by atoms with Crippen LogP contribution in [-0.4, -0.2) is 21.5 Å². The van der Waals surface area contributed by atoms with E-state index in [1.807, 2.05) is 49.4 Å². The van der Waals surface area contributed by atoms with Gasteiger partial charge in [0.2, 0.25) is 0 Å².